The number of nitrogens with zero attached hydrogens (tertiary/aromatic N) is 1. The first-order chi connectivity index (χ1) is 8.76. The number of hydrogen-bond donors (Lipinski definition) is 2. The molecule has 0 aliphatic rings. The molecule has 0 radical (unpaired) electrons. The normalized spacial score (nSPS) is 12.1. The monoisotopic (exact) mass is 268 g/mol. The maximum absolute atomic E-state index is 11.7. The second-order valence-electron chi connectivity index (χ2n) is 4.03. The Hall–Kier alpha value is -1.07. The molecular weight excluding hydrogens is 248 g/mol. The van der Waals surface area contributed by atoms with Crippen LogP contribution in [0, 0.1) is 0 Å². The van der Waals surface area contributed by atoms with Gasteiger partial charge in [0.2, 0.25) is 5.91 Å². The minimum atomic E-state index is 0.0364. The van der Waals surface area contributed by atoms with Crippen molar-refractivity contribution >= 4 is 17.7 Å². The van der Waals surface area contributed by atoms with Crippen LogP contribution in [0.3, 0.4) is 0 Å². The molecule has 100 valence electrons. The van der Waals surface area contributed by atoms with Crippen LogP contribution in [0.25, 0.3) is 0 Å². The summed E-state index contributed by atoms with van der Waals surface area (Å²) < 4.78 is 0. The van der Waals surface area contributed by atoms with Crippen LogP contribution >= 0.6 is 11.8 Å². The number of thioether (sulfide) groups is 1. The fourth-order valence-corrected chi connectivity index (χ4v) is 2.34. The van der Waals surface area contributed by atoms with Crippen molar-refractivity contribution in [2.75, 3.05) is 12.4 Å². The number of aliphatic hydroxyl groups excluding tert-OH is 1. The predicted molar refractivity (Wildman–Crippen MR) is 74.3 cm³/mol. The highest BCUT2D eigenvalue weighted by molar-refractivity contribution is 7.99. The molecule has 1 amide bonds. The summed E-state index contributed by atoms with van der Waals surface area (Å²) in [5, 5.41) is 11.8. The van der Waals surface area contributed by atoms with E-state index in [0.717, 1.165) is 12.2 Å². The molecule has 1 heterocycles. The van der Waals surface area contributed by atoms with E-state index < -0.39 is 0 Å². The summed E-state index contributed by atoms with van der Waals surface area (Å²) in [7, 11) is 0. The highest BCUT2D eigenvalue weighted by atomic mass is 32.2. The van der Waals surface area contributed by atoms with Crippen molar-refractivity contribution in [3.8, 4) is 0 Å². The van der Waals surface area contributed by atoms with E-state index in [1.54, 1.807) is 24.2 Å². The minimum Gasteiger partial charge on any atom is -0.396 e. The Labute approximate surface area is 112 Å². The minimum absolute atomic E-state index is 0.0364. The molecule has 1 atom stereocenters. The third-order valence-corrected chi connectivity index (χ3v) is 3.59. The fourth-order valence-electron chi connectivity index (χ4n) is 1.54. The zero-order valence-electron chi connectivity index (χ0n) is 10.6. The van der Waals surface area contributed by atoms with E-state index in [1.165, 1.54) is 5.56 Å². The smallest absolute Gasteiger partial charge is 0.230 e. The molecule has 0 bridgehead atoms. The molecule has 0 spiro atoms. The summed E-state index contributed by atoms with van der Waals surface area (Å²) in [6.07, 6.45) is 4.98. The van der Waals surface area contributed by atoms with Gasteiger partial charge < -0.3 is 10.4 Å². The molecule has 0 saturated carbocycles. The van der Waals surface area contributed by atoms with E-state index in [9.17, 15) is 4.79 Å². The lowest BCUT2D eigenvalue weighted by Gasteiger charge is -2.15. The molecule has 0 aliphatic carbocycles. The molecule has 18 heavy (non-hydrogen) atoms. The van der Waals surface area contributed by atoms with Crippen molar-refractivity contribution in [3.63, 3.8) is 0 Å². The Kier molecular flexibility index (Phi) is 7.44. The first kappa shape index (κ1) is 15.0. The van der Waals surface area contributed by atoms with Crippen LogP contribution in [0.2, 0.25) is 0 Å². The van der Waals surface area contributed by atoms with Crippen LogP contribution in [0.4, 0.5) is 0 Å². The summed E-state index contributed by atoms with van der Waals surface area (Å²) >= 11 is 1.58. The maximum Gasteiger partial charge on any atom is 0.230 e. The topological polar surface area (TPSA) is 62.2 Å². The highest BCUT2D eigenvalue weighted by Crippen LogP contribution is 2.10. The number of nitrogens with one attached hydrogen (secondary N) is 1. The number of rotatable bonds is 8. The van der Waals surface area contributed by atoms with Crippen LogP contribution in [-0.2, 0) is 10.5 Å². The molecule has 0 saturated heterocycles. The molecule has 4 nitrogen and oxygen atoms in total. The Morgan fingerprint density at radius 2 is 2.22 bits per heavy atom. The van der Waals surface area contributed by atoms with Crippen molar-refractivity contribution in [2.45, 2.75) is 31.6 Å². The Bertz CT molecular complexity index is 346. The van der Waals surface area contributed by atoms with Crippen molar-refractivity contribution in [2.24, 2.45) is 0 Å². The fraction of sp³-hybridized carbons (Fsp3) is 0.538. The van der Waals surface area contributed by atoms with E-state index in [4.69, 9.17) is 5.11 Å². The van der Waals surface area contributed by atoms with E-state index in [0.29, 0.717) is 12.2 Å². The second kappa shape index (κ2) is 8.94. The van der Waals surface area contributed by atoms with Gasteiger partial charge in [0.1, 0.15) is 0 Å². The van der Waals surface area contributed by atoms with Gasteiger partial charge in [-0.1, -0.05) is 6.92 Å². The summed E-state index contributed by atoms with van der Waals surface area (Å²) in [5.74, 6) is 1.30. The van der Waals surface area contributed by atoms with Gasteiger partial charge in [0.25, 0.3) is 0 Å². The number of hydrogen-bond acceptors (Lipinski definition) is 4. The molecule has 0 fully saturated rings. The molecular formula is C13H20N2O2S. The number of amides is 1. The average Bonchev–Trinajstić information content (AvgIpc) is 2.39. The van der Waals surface area contributed by atoms with Gasteiger partial charge in [-0.25, -0.2) is 0 Å². The second-order valence-corrected chi connectivity index (χ2v) is 5.02. The van der Waals surface area contributed by atoms with E-state index in [2.05, 4.69) is 10.3 Å². The van der Waals surface area contributed by atoms with Crippen molar-refractivity contribution in [3.05, 3.63) is 30.1 Å². The first-order valence-corrected chi connectivity index (χ1v) is 7.28. The van der Waals surface area contributed by atoms with Crippen LogP contribution in [0.5, 0.6) is 0 Å². The van der Waals surface area contributed by atoms with E-state index in [1.807, 2.05) is 19.1 Å². The summed E-state index contributed by atoms with van der Waals surface area (Å²) in [6, 6.07) is 3.99. The Morgan fingerprint density at radius 1 is 1.50 bits per heavy atom. The zero-order chi connectivity index (χ0) is 13.2. The van der Waals surface area contributed by atoms with Crippen molar-refractivity contribution in [1.29, 1.82) is 0 Å². The predicted octanol–water partition coefficient (Wildman–Crippen LogP) is 1.59. The molecule has 0 aliphatic heterocycles. The Balaban J connectivity index is 2.20. The van der Waals surface area contributed by atoms with Gasteiger partial charge in [-0.15, -0.1) is 11.8 Å². The summed E-state index contributed by atoms with van der Waals surface area (Å²) in [6.45, 7) is 2.12. The molecule has 0 aromatic carbocycles. The van der Waals surface area contributed by atoms with E-state index >= 15 is 0 Å². The molecule has 2 N–H and O–H groups in total. The zero-order valence-corrected chi connectivity index (χ0v) is 11.4. The molecule has 1 unspecified atom stereocenters. The maximum atomic E-state index is 11.7. The lowest BCUT2D eigenvalue weighted by molar-refractivity contribution is -0.119. The number of pyridine rings is 1. The Morgan fingerprint density at radius 3 is 2.83 bits per heavy atom. The third-order valence-electron chi connectivity index (χ3n) is 2.59. The highest BCUT2D eigenvalue weighted by Gasteiger charge is 2.09. The van der Waals surface area contributed by atoms with Crippen LogP contribution in [-0.4, -0.2) is 34.4 Å². The first-order valence-electron chi connectivity index (χ1n) is 6.13. The van der Waals surface area contributed by atoms with Crippen molar-refractivity contribution < 1.29 is 9.90 Å². The number of carbonyl (C=O) groups is 1. The standard InChI is InChI=1S/C13H20N2O2S/c1-2-12(5-8-16)15-13(17)10-18-9-11-3-6-14-7-4-11/h3-4,6-7,12,16H,2,5,8-10H2,1H3,(H,15,17). The van der Waals surface area contributed by atoms with Gasteiger partial charge in [-0.2, -0.15) is 0 Å². The molecule has 1 rings (SSSR count). The third kappa shape index (κ3) is 6.02. The number of carbonyl (C=O) groups excluding carboxylic acids is 1. The number of aromatic nitrogens is 1. The van der Waals surface area contributed by atoms with Gasteiger partial charge >= 0.3 is 0 Å². The van der Waals surface area contributed by atoms with Gasteiger partial charge in [0.05, 0.1) is 5.75 Å². The molecule has 1 aromatic heterocycles. The SMILES string of the molecule is CCC(CCO)NC(=O)CSCc1ccncc1. The largest absolute Gasteiger partial charge is 0.396 e. The quantitative estimate of drug-likeness (QED) is 0.751. The van der Waals surface area contributed by atoms with Gasteiger partial charge in [-0.05, 0) is 30.5 Å². The van der Waals surface area contributed by atoms with Crippen LogP contribution in [0.1, 0.15) is 25.3 Å². The lowest BCUT2D eigenvalue weighted by atomic mass is 10.1. The van der Waals surface area contributed by atoms with Gasteiger partial charge in [0, 0.05) is 30.8 Å². The summed E-state index contributed by atoms with van der Waals surface area (Å²) in [4.78, 5) is 15.6. The average molecular weight is 268 g/mol. The molecule has 1 aromatic rings. The van der Waals surface area contributed by atoms with Crippen LogP contribution < -0.4 is 5.32 Å². The molecule has 5 heteroatoms. The van der Waals surface area contributed by atoms with Gasteiger partial charge in [-0.3, -0.25) is 9.78 Å². The van der Waals surface area contributed by atoms with Crippen LogP contribution in [0.15, 0.2) is 24.5 Å². The van der Waals surface area contributed by atoms with E-state index in [-0.39, 0.29) is 18.6 Å². The number of aliphatic hydroxyl groups is 1. The summed E-state index contributed by atoms with van der Waals surface area (Å²) in [5.41, 5.74) is 1.17. The van der Waals surface area contributed by atoms with Gasteiger partial charge in [0.15, 0.2) is 0 Å². The van der Waals surface area contributed by atoms with Crippen molar-refractivity contribution in [1.82, 2.24) is 10.3 Å². The lowest BCUT2D eigenvalue weighted by Crippen LogP contribution is -2.36.